The van der Waals surface area contributed by atoms with E-state index in [-0.39, 0.29) is 12.6 Å². The minimum absolute atomic E-state index is 0.0284. The third-order valence-corrected chi connectivity index (χ3v) is 5.12. The number of halogens is 2. The number of nitrogens with one attached hydrogen (secondary N) is 1. The minimum atomic E-state index is -4.05. The van der Waals surface area contributed by atoms with E-state index in [0.717, 1.165) is 17.7 Å². The van der Waals surface area contributed by atoms with Crippen LogP contribution in [0.25, 0.3) is 0 Å². The highest BCUT2D eigenvalue weighted by Crippen LogP contribution is 2.23. The molecule has 0 aliphatic heterocycles. The number of hydrogen-bond acceptors (Lipinski definition) is 4. The van der Waals surface area contributed by atoms with Crippen molar-refractivity contribution in [2.75, 3.05) is 27.7 Å². The molecule has 25 heavy (non-hydrogen) atoms. The molecule has 0 saturated carbocycles. The van der Waals surface area contributed by atoms with Crippen LogP contribution in [0.4, 0.5) is 8.78 Å². The van der Waals surface area contributed by atoms with Gasteiger partial charge >= 0.3 is 0 Å². The van der Waals surface area contributed by atoms with Crippen LogP contribution in [0.15, 0.2) is 47.4 Å². The third kappa shape index (κ3) is 4.97. The second-order valence-electron chi connectivity index (χ2n) is 5.71. The Morgan fingerprint density at radius 1 is 1.12 bits per heavy atom. The molecule has 0 aromatic heterocycles. The van der Waals surface area contributed by atoms with Crippen LogP contribution in [-0.2, 0) is 10.0 Å². The van der Waals surface area contributed by atoms with E-state index < -0.39 is 26.6 Å². The van der Waals surface area contributed by atoms with Crippen LogP contribution in [0.1, 0.15) is 11.6 Å². The molecule has 5 nitrogen and oxygen atoms in total. The lowest BCUT2D eigenvalue weighted by Crippen LogP contribution is -2.34. The molecule has 1 unspecified atom stereocenters. The van der Waals surface area contributed by atoms with Crippen LogP contribution in [0.5, 0.6) is 5.75 Å². The van der Waals surface area contributed by atoms with Crippen molar-refractivity contribution in [1.29, 1.82) is 0 Å². The van der Waals surface area contributed by atoms with Crippen LogP contribution < -0.4 is 9.46 Å². The molecule has 0 saturated heterocycles. The van der Waals surface area contributed by atoms with Crippen LogP contribution in [0.2, 0.25) is 0 Å². The fourth-order valence-corrected chi connectivity index (χ4v) is 3.48. The van der Waals surface area contributed by atoms with Gasteiger partial charge < -0.3 is 9.64 Å². The van der Waals surface area contributed by atoms with Crippen LogP contribution >= 0.6 is 0 Å². The molecule has 0 fully saturated rings. The monoisotopic (exact) mass is 370 g/mol. The molecule has 0 spiro atoms. The number of methoxy groups -OCH3 is 1. The minimum Gasteiger partial charge on any atom is -0.497 e. The van der Waals surface area contributed by atoms with Gasteiger partial charge in [0.25, 0.3) is 0 Å². The Morgan fingerprint density at radius 3 is 2.32 bits per heavy atom. The summed E-state index contributed by atoms with van der Waals surface area (Å²) in [5.41, 5.74) is 0.845. The Hall–Kier alpha value is -2.03. The van der Waals surface area contributed by atoms with Gasteiger partial charge in [0.05, 0.1) is 12.0 Å². The largest absolute Gasteiger partial charge is 0.497 e. The Balaban J connectivity index is 2.22. The summed E-state index contributed by atoms with van der Waals surface area (Å²) in [7, 11) is 1.11. The number of likely N-dealkylation sites (N-methyl/N-ethyl adjacent to an activating group) is 1. The van der Waals surface area contributed by atoms with Crippen molar-refractivity contribution in [2.24, 2.45) is 0 Å². The highest BCUT2D eigenvalue weighted by Gasteiger charge is 2.21. The van der Waals surface area contributed by atoms with E-state index in [1.807, 2.05) is 11.0 Å². The number of ether oxygens (including phenoxy) is 1. The lowest BCUT2D eigenvalue weighted by Gasteiger charge is -2.25. The van der Waals surface area contributed by atoms with E-state index in [0.29, 0.717) is 11.8 Å². The van der Waals surface area contributed by atoms with E-state index in [4.69, 9.17) is 4.74 Å². The summed E-state index contributed by atoms with van der Waals surface area (Å²) >= 11 is 0. The predicted molar refractivity (Wildman–Crippen MR) is 91.0 cm³/mol. The van der Waals surface area contributed by atoms with Gasteiger partial charge in [-0.05, 0) is 43.9 Å². The van der Waals surface area contributed by atoms with Gasteiger partial charge in [-0.2, -0.15) is 0 Å². The van der Waals surface area contributed by atoms with Gasteiger partial charge in [-0.1, -0.05) is 12.1 Å². The van der Waals surface area contributed by atoms with E-state index in [1.165, 1.54) is 0 Å². The summed E-state index contributed by atoms with van der Waals surface area (Å²) < 4.78 is 58.8. The average molecular weight is 370 g/mol. The van der Waals surface area contributed by atoms with Crippen molar-refractivity contribution in [2.45, 2.75) is 10.9 Å². The van der Waals surface area contributed by atoms with Crippen LogP contribution in [-0.4, -0.2) is 41.1 Å². The summed E-state index contributed by atoms with van der Waals surface area (Å²) in [4.78, 5) is 1.39. The van der Waals surface area contributed by atoms with Gasteiger partial charge in [0.1, 0.15) is 17.4 Å². The number of nitrogens with zero attached hydrogens (tertiary/aromatic N) is 1. The molecule has 0 amide bonds. The molecule has 1 N–H and O–H groups in total. The third-order valence-electron chi connectivity index (χ3n) is 3.71. The molecule has 8 heteroatoms. The molecule has 0 radical (unpaired) electrons. The van der Waals surface area contributed by atoms with E-state index >= 15 is 0 Å². The predicted octanol–water partition coefficient (Wildman–Crippen LogP) is 2.55. The van der Waals surface area contributed by atoms with E-state index in [1.54, 1.807) is 39.4 Å². The SMILES string of the molecule is COc1cccc(C(CNS(=O)(=O)c2cc(F)cc(F)c2)N(C)C)c1. The normalized spacial score (nSPS) is 13.0. The van der Waals surface area contributed by atoms with Gasteiger partial charge in [-0.3, -0.25) is 0 Å². The average Bonchev–Trinajstić information content (AvgIpc) is 2.54. The summed E-state index contributed by atoms with van der Waals surface area (Å²) in [5, 5.41) is 0. The maximum Gasteiger partial charge on any atom is 0.240 e. The second kappa shape index (κ2) is 7.90. The van der Waals surface area contributed by atoms with Crippen LogP contribution in [0.3, 0.4) is 0 Å². The van der Waals surface area contributed by atoms with Crippen LogP contribution in [0, 0.1) is 11.6 Å². The highest BCUT2D eigenvalue weighted by atomic mass is 32.2. The molecule has 2 rings (SSSR count). The first-order valence-corrected chi connectivity index (χ1v) is 8.97. The lowest BCUT2D eigenvalue weighted by molar-refractivity contribution is 0.298. The van der Waals surface area contributed by atoms with E-state index in [9.17, 15) is 17.2 Å². The topological polar surface area (TPSA) is 58.6 Å². The fraction of sp³-hybridized carbons (Fsp3) is 0.294. The first-order chi connectivity index (χ1) is 11.7. The molecule has 0 aliphatic rings. The molecule has 0 bridgehead atoms. The summed E-state index contributed by atoms with van der Waals surface area (Å²) in [6, 6.07) is 9.14. The van der Waals surface area contributed by atoms with Gasteiger partial charge in [0.15, 0.2) is 0 Å². The van der Waals surface area contributed by atoms with Gasteiger partial charge in [0, 0.05) is 18.7 Å². The molecule has 1 atom stereocenters. The molecular formula is C17H20F2N2O3S. The first-order valence-electron chi connectivity index (χ1n) is 7.49. The first kappa shape index (κ1) is 19.3. The maximum atomic E-state index is 13.3. The lowest BCUT2D eigenvalue weighted by atomic mass is 10.1. The maximum absolute atomic E-state index is 13.3. The van der Waals surface area contributed by atoms with Gasteiger partial charge in [-0.15, -0.1) is 0 Å². The fourth-order valence-electron chi connectivity index (χ4n) is 2.40. The van der Waals surface area contributed by atoms with Crippen molar-refractivity contribution < 1.29 is 21.9 Å². The number of sulfonamides is 1. The standard InChI is InChI=1S/C17H20F2N2O3S/c1-21(2)17(12-5-4-6-15(7-12)24-3)11-20-25(22,23)16-9-13(18)8-14(19)10-16/h4-10,17,20H,11H2,1-3H3. The van der Waals surface area contributed by atoms with Crippen molar-refractivity contribution >= 4 is 10.0 Å². The number of rotatable bonds is 7. The van der Waals surface area contributed by atoms with Crippen molar-refractivity contribution in [3.05, 3.63) is 59.7 Å². The molecular weight excluding hydrogens is 350 g/mol. The summed E-state index contributed by atoms with van der Waals surface area (Å²) in [5.74, 6) is -1.24. The van der Waals surface area contributed by atoms with Crippen molar-refractivity contribution in [3.8, 4) is 5.75 Å². The number of benzene rings is 2. The molecule has 2 aromatic carbocycles. The quantitative estimate of drug-likeness (QED) is 0.814. The zero-order valence-corrected chi connectivity index (χ0v) is 15.0. The Bertz CT molecular complexity index is 821. The second-order valence-corrected chi connectivity index (χ2v) is 7.48. The highest BCUT2D eigenvalue weighted by molar-refractivity contribution is 7.89. The molecule has 0 heterocycles. The summed E-state index contributed by atoms with van der Waals surface area (Å²) in [6.45, 7) is 0.0284. The smallest absolute Gasteiger partial charge is 0.240 e. The van der Waals surface area contributed by atoms with Crippen molar-refractivity contribution in [1.82, 2.24) is 9.62 Å². The van der Waals surface area contributed by atoms with Gasteiger partial charge in [0.2, 0.25) is 10.0 Å². The molecule has 2 aromatic rings. The molecule has 136 valence electrons. The van der Waals surface area contributed by atoms with E-state index in [2.05, 4.69) is 4.72 Å². The van der Waals surface area contributed by atoms with Gasteiger partial charge in [-0.25, -0.2) is 21.9 Å². The zero-order valence-electron chi connectivity index (χ0n) is 14.2. The van der Waals surface area contributed by atoms with Crippen molar-refractivity contribution in [3.63, 3.8) is 0 Å². The summed E-state index contributed by atoms with van der Waals surface area (Å²) in [6.07, 6.45) is 0. The molecule has 0 aliphatic carbocycles. The Kier molecular flexibility index (Phi) is 6.10. The Labute approximate surface area is 146 Å². The number of hydrogen-bond donors (Lipinski definition) is 1. The zero-order chi connectivity index (χ0) is 18.6. The Morgan fingerprint density at radius 2 is 1.76 bits per heavy atom.